The van der Waals surface area contributed by atoms with E-state index in [4.69, 9.17) is 5.90 Å². The number of carbonyl (C=O) groups is 3. The molecule has 0 saturated carbocycles. The second kappa shape index (κ2) is 6.99. The third-order valence-electron chi connectivity index (χ3n) is 3.92. The van der Waals surface area contributed by atoms with Crippen LogP contribution in [0.2, 0.25) is 0 Å². The van der Waals surface area contributed by atoms with Crippen LogP contribution in [0.25, 0.3) is 0 Å². The number of ketones is 1. The van der Waals surface area contributed by atoms with Crippen molar-refractivity contribution in [1.29, 1.82) is 0 Å². The van der Waals surface area contributed by atoms with Gasteiger partial charge in [0.25, 0.3) is 0 Å². The molecule has 0 spiro atoms. The zero-order valence-corrected chi connectivity index (χ0v) is 12.0. The van der Waals surface area contributed by atoms with Gasteiger partial charge in [0.1, 0.15) is 0 Å². The first kappa shape index (κ1) is 16.8. The second-order valence-electron chi connectivity index (χ2n) is 4.94. The molecular formula is C15H19NO5. The Hall–Kier alpha value is -2.21. The van der Waals surface area contributed by atoms with Gasteiger partial charge < -0.3 is 9.94 Å². The summed E-state index contributed by atoms with van der Waals surface area (Å²) in [7, 11) is 0. The van der Waals surface area contributed by atoms with Gasteiger partial charge in [0.2, 0.25) is 0 Å². The molecule has 2 atom stereocenters. The summed E-state index contributed by atoms with van der Waals surface area (Å²) < 4.78 is 0. The molecule has 0 heterocycles. The number of Topliss-reactive ketones (excluding diaryl/α,β-unsaturated/α-hetero) is 1. The lowest BCUT2D eigenvalue weighted by molar-refractivity contribution is -0.167. The fraction of sp³-hybridized carbons (Fsp3) is 0.400. The number of carboxylic acid groups (broad SMARTS) is 1. The summed E-state index contributed by atoms with van der Waals surface area (Å²) in [4.78, 5) is 39.9. The van der Waals surface area contributed by atoms with E-state index in [2.05, 4.69) is 4.84 Å². The Morgan fingerprint density at radius 1 is 1.29 bits per heavy atom. The van der Waals surface area contributed by atoms with Gasteiger partial charge in [-0.3, -0.25) is 9.59 Å². The summed E-state index contributed by atoms with van der Waals surface area (Å²) >= 11 is 0. The van der Waals surface area contributed by atoms with Crippen molar-refractivity contribution in [2.75, 3.05) is 0 Å². The Morgan fingerprint density at radius 3 is 2.29 bits per heavy atom. The zero-order valence-electron chi connectivity index (χ0n) is 12.0. The first-order valence-corrected chi connectivity index (χ1v) is 6.61. The highest BCUT2D eigenvalue weighted by Gasteiger charge is 2.48. The number of benzene rings is 1. The Labute approximate surface area is 122 Å². The van der Waals surface area contributed by atoms with Gasteiger partial charge in [-0.15, -0.1) is 0 Å². The topological polar surface area (TPSA) is 107 Å². The van der Waals surface area contributed by atoms with E-state index < -0.39 is 23.3 Å². The fourth-order valence-electron chi connectivity index (χ4n) is 2.34. The van der Waals surface area contributed by atoms with E-state index in [0.717, 1.165) is 0 Å². The summed E-state index contributed by atoms with van der Waals surface area (Å²) in [6.45, 7) is 3.01. The van der Waals surface area contributed by atoms with Crippen LogP contribution in [0.15, 0.2) is 30.3 Å². The van der Waals surface area contributed by atoms with Crippen LogP contribution in [0.1, 0.15) is 37.0 Å². The zero-order chi connectivity index (χ0) is 16.0. The molecule has 1 aromatic carbocycles. The average molecular weight is 293 g/mol. The first-order valence-electron chi connectivity index (χ1n) is 6.61. The molecule has 0 saturated heterocycles. The lowest BCUT2D eigenvalue weighted by atomic mass is 9.70. The van der Waals surface area contributed by atoms with Gasteiger partial charge in [-0.2, -0.15) is 5.90 Å². The summed E-state index contributed by atoms with van der Waals surface area (Å²) in [5, 5.41) is 9.22. The van der Waals surface area contributed by atoms with Crippen LogP contribution in [0, 0.1) is 11.3 Å². The van der Waals surface area contributed by atoms with Crippen molar-refractivity contribution < 1.29 is 24.3 Å². The van der Waals surface area contributed by atoms with Crippen LogP contribution in [-0.4, -0.2) is 22.8 Å². The molecule has 0 aliphatic rings. The highest BCUT2D eigenvalue weighted by Crippen LogP contribution is 2.38. The molecule has 0 bridgehead atoms. The van der Waals surface area contributed by atoms with E-state index in [1.54, 1.807) is 37.3 Å². The van der Waals surface area contributed by atoms with Gasteiger partial charge in [0.15, 0.2) is 5.78 Å². The molecule has 0 amide bonds. The third-order valence-corrected chi connectivity index (χ3v) is 3.92. The summed E-state index contributed by atoms with van der Waals surface area (Å²) in [5.41, 5.74) is -1.06. The Kier molecular flexibility index (Phi) is 5.60. The fourth-order valence-corrected chi connectivity index (χ4v) is 2.34. The first-order chi connectivity index (χ1) is 9.89. The van der Waals surface area contributed by atoms with Crippen LogP contribution in [0.4, 0.5) is 0 Å². The van der Waals surface area contributed by atoms with Crippen LogP contribution in [0.5, 0.6) is 0 Å². The second-order valence-corrected chi connectivity index (χ2v) is 4.94. The number of hydrogen-bond donors (Lipinski definition) is 2. The van der Waals surface area contributed by atoms with Gasteiger partial charge in [-0.1, -0.05) is 44.2 Å². The molecule has 114 valence electrons. The van der Waals surface area contributed by atoms with Gasteiger partial charge in [-0.25, -0.2) is 4.79 Å². The lowest BCUT2D eigenvalue weighted by Gasteiger charge is -2.32. The summed E-state index contributed by atoms with van der Waals surface area (Å²) in [6.07, 6.45) is -0.133. The van der Waals surface area contributed by atoms with Crippen molar-refractivity contribution >= 4 is 17.7 Å². The molecule has 6 heteroatoms. The predicted octanol–water partition coefficient (Wildman–Crippen LogP) is 1.79. The molecule has 0 fully saturated rings. The predicted molar refractivity (Wildman–Crippen MR) is 75.2 cm³/mol. The maximum atomic E-state index is 12.3. The molecule has 2 unspecified atom stereocenters. The molecule has 6 nitrogen and oxygen atoms in total. The van der Waals surface area contributed by atoms with Gasteiger partial charge in [-0.05, 0) is 6.42 Å². The van der Waals surface area contributed by atoms with E-state index in [1.165, 1.54) is 6.92 Å². The number of aliphatic carboxylic acids is 1. The highest BCUT2D eigenvalue weighted by molar-refractivity contribution is 6.00. The smallest absolute Gasteiger partial charge is 0.331 e. The van der Waals surface area contributed by atoms with Crippen LogP contribution < -0.4 is 5.90 Å². The molecule has 21 heavy (non-hydrogen) atoms. The van der Waals surface area contributed by atoms with E-state index in [1.807, 2.05) is 0 Å². The van der Waals surface area contributed by atoms with E-state index >= 15 is 0 Å². The largest absolute Gasteiger partial charge is 0.481 e. The SMILES string of the molecule is CCC(CC(=O)c1ccccc1)(C(=O)ON)C(C)C(=O)O. The van der Waals surface area contributed by atoms with Crippen molar-refractivity contribution in [3.8, 4) is 0 Å². The van der Waals surface area contributed by atoms with Gasteiger partial charge in [0.05, 0.1) is 11.3 Å². The minimum absolute atomic E-state index is 0.134. The van der Waals surface area contributed by atoms with Crippen LogP contribution >= 0.6 is 0 Å². The standard InChI is InChI=1S/C15H19NO5/c1-3-15(14(20)21-16,10(2)13(18)19)9-12(17)11-7-5-4-6-8-11/h4-8,10H,3,9,16H2,1-2H3,(H,18,19). The van der Waals surface area contributed by atoms with Crippen molar-refractivity contribution in [2.45, 2.75) is 26.7 Å². The molecular weight excluding hydrogens is 274 g/mol. The normalized spacial score (nSPS) is 14.8. The van der Waals surface area contributed by atoms with Gasteiger partial charge in [0, 0.05) is 12.0 Å². The Bertz CT molecular complexity index is 528. The van der Waals surface area contributed by atoms with Crippen molar-refractivity contribution in [1.82, 2.24) is 0 Å². The van der Waals surface area contributed by atoms with Crippen molar-refractivity contribution in [2.24, 2.45) is 17.2 Å². The molecule has 0 aromatic heterocycles. The number of nitrogens with two attached hydrogens (primary N) is 1. The maximum absolute atomic E-state index is 12.3. The molecule has 3 N–H and O–H groups in total. The molecule has 0 aliphatic carbocycles. The number of rotatable bonds is 7. The monoisotopic (exact) mass is 293 g/mol. The Morgan fingerprint density at radius 2 is 1.86 bits per heavy atom. The molecule has 0 aliphatic heterocycles. The molecule has 1 rings (SSSR count). The van der Waals surface area contributed by atoms with Crippen molar-refractivity contribution in [3.63, 3.8) is 0 Å². The molecule has 0 radical (unpaired) electrons. The van der Waals surface area contributed by atoms with Crippen LogP contribution in [0.3, 0.4) is 0 Å². The highest BCUT2D eigenvalue weighted by atomic mass is 16.7. The average Bonchev–Trinajstić information content (AvgIpc) is 2.51. The minimum atomic E-state index is -1.48. The third kappa shape index (κ3) is 3.46. The van der Waals surface area contributed by atoms with Crippen molar-refractivity contribution in [3.05, 3.63) is 35.9 Å². The Balaban J connectivity index is 3.16. The summed E-state index contributed by atoms with van der Waals surface area (Å²) in [5.74, 6) is 1.45. The lowest BCUT2D eigenvalue weighted by Crippen LogP contribution is -2.44. The number of carboxylic acids is 1. The quantitative estimate of drug-likeness (QED) is 0.586. The maximum Gasteiger partial charge on any atom is 0.331 e. The summed E-state index contributed by atoms with van der Waals surface area (Å²) in [6, 6.07) is 8.38. The van der Waals surface area contributed by atoms with E-state index in [-0.39, 0.29) is 18.6 Å². The van der Waals surface area contributed by atoms with E-state index in [0.29, 0.717) is 5.56 Å². The number of hydrogen-bond acceptors (Lipinski definition) is 5. The van der Waals surface area contributed by atoms with E-state index in [9.17, 15) is 19.5 Å². The number of carbonyl (C=O) groups excluding carboxylic acids is 2. The van der Waals surface area contributed by atoms with Gasteiger partial charge >= 0.3 is 11.9 Å². The van der Waals surface area contributed by atoms with Crippen LogP contribution in [-0.2, 0) is 14.4 Å². The minimum Gasteiger partial charge on any atom is -0.481 e. The molecule has 1 aromatic rings.